The fourth-order valence-corrected chi connectivity index (χ4v) is 4.19. The van der Waals surface area contributed by atoms with Crippen LogP contribution >= 0.6 is 0 Å². The van der Waals surface area contributed by atoms with Crippen molar-refractivity contribution in [3.05, 3.63) is 89.2 Å². The summed E-state index contributed by atoms with van der Waals surface area (Å²) in [5.41, 5.74) is 5.65. The van der Waals surface area contributed by atoms with Crippen LogP contribution in [0.4, 0.5) is 14.9 Å². The van der Waals surface area contributed by atoms with Crippen molar-refractivity contribution in [2.45, 2.75) is 32.6 Å². The van der Waals surface area contributed by atoms with Crippen LogP contribution in [0.15, 0.2) is 66.7 Å². The number of anilines is 1. The second kappa shape index (κ2) is 11.3. The van der Waals surface area contributed by atoms with Crippen LogP contribution in [0.5, 0.6) is 0 Å². The van der Waals surface area contributed by atoms with Gasteiger partial charge in [-0.25, -0.2) is 9.18 Å². The molecule has 0 aromatic heterocycles. The number of aliphatic hydroxyl groups is 1. The summed E-state index contributed by atoms with van der Waals surface area (Å²) in [4.78, 5) is 25.0. The van der Waals surface area contributed by atoms with Gasteiger partial charge in [-0.1, -0.05) is 42.5 Å². The largest absolute Gasteiger partial charge is 0.442 e. The van der Waals surface area contributed by atoms with E-state index >= 15 is 0 Å². The molecule has 1 heterocycles. The number of carbonyl (C=O) groups is 2. The van der Waals surface area contributed by atoms with Crippen LogP contribution in [-0.2, 0) is 16.1 Å². The number of rotatable bonds is 9. The zero-order valence-electron chi connectivity index (χ0n) is 20.3. The van der Waals surface area contributed by atoms with Crippen molar-refractivity contribution in [3.63, 3.8) is 0 Å². The highest BCUT2D eigenvalue weighted by Gasteiger charge is 2.32. The van der Waals surface area contributed by atoms with Gasteiger partial charge in [0, 0.05) is 25.7 Å². The van der Waals surface area contributed by atoms with E-state index in [2.05, 4.69) is 10.6 Å². The third-order valence-electron chi connectivity index (χ3n) is 6.16. The molecule has 3 aromatic rings. The molecular formula is C28H30FN3O4. The summed E-state index contributed by atoms with van der Waals surface area (Å²) in [6.45, 7) is 5.06. The zero-order chi connectivity index (χ0) is 25.7. The van der Waals surface area contributed by atoms with Gasteiger partial charge in [-0.3, -0.25) is 9.69 Å². The maximum Gasteiger partial charge on any atom is 0.414 e. The number of nitrogens with zero attached hydrogens (tertiary/aromatic N) is 1. The van der Waals surface area contributed by atoms with Gasteiger partial charge in [0.2, 0.25) is 5.91 Å². The number of halogens is 1. The Bertz CT molecular complexity index is 1210. The predicted octanol–water partition coefficient (Wildman–Crippen LogP) is 4.09. The van der Waals surface area contributed by atoms with Crippen LogP contribution in [0.25, 0.3) is 11.1 Å². The fraction of sp³-hybridized carbons (Fsp3) is 0.286. The molecule has 1 saturated heterocycles. The molecule has 2 amide bonds. The van der Waals surface area contributed by atoms with E-state index in [1.807, 2.05) is 49.4 Å². The first kappa shape index (κ1) is 25.3. The first-order valence-corrected chi connectivity index (χ1v) is 11.9. The van der Waals surface area contributed by atoms with Crippen molar-refractivity contribution in [1.29, 1.82) is 0 Å². The van der Waals surface area contributed by atoms with Crippen LogP contribution in [0.3, 0.4) is 0 Å². The molecular weight excluding hydrogens is 461 g/mol. The monoisotopic (exact) mass is 491 g/mol. The minimum absolute atomic E-state index is 0.158. The highest BCUT2D eigenvalue weighted by Crippen LogP contribution is 2.30. The second-order valence-electron chi connectivity index (χ2n) is 8.95. The van der Waals surface area contributed by atoms with Gasteiger partial charge in [-0.2, -0.15) is 0 Å². The number of benzene rings is 3. The Hall–Kier alpha value is -3.75. The maximum absolute atomic E-state index is 13.0. The molecule has 0 radical (unpaired) electrons. The Morgan fingerprint density at radius 2 is 1.86 bits per heavy atom. The van der Waals surface area contributed by atoms with E-state index in [0.29, 0.717) is 31.7 Å². The Morgan fingerprint density at radius 3 is 2.53 bits per heavy atom. The van der Waals surface area contributed by atoms with Gasteiger partial charge in [0.25, 0.3) is 0 Å². The van der Waals surface area contributed by atoms with E-state index in [0.717, 1.165) is 27.9 Å². The van der Waals surface area contributed by atoms with E-state index in [1.165, 1.54) is 19.1 Å². The van der Waals surface area contributed by atoms with Crippen molar-refractivity contribution in [1.82, 2.24) is 10.6 Å². The Balaban J connectivity index is 1.34. The molecule has 2 atom stereocenters. The van der Waals surface area contributed by atoms with Crippen LogP contribution in [0.2, 0.25) is 0 Å². The number of cyclic esters (lactones) is 1. The molecule has 1 fully saturated rings. The normalized spacial score (nSPS) is 16.1. The third kappa shape index (κ3) is 6.27. The smallest absolute Gasteiger partial charge is 0.414 e. The molecule has 36 heavy (non-hydrogen) atoms. The Labute approximate surface area is 209 Å². The van der Waals surface area contributed by atoms with Crippen LogP contribution < -0.4 is 15.5 Å². The number of hydrogen-bond donors (Lipinski definition) is 3. The van der Waals surface area contributed by atoms with Crippen molar-refractivity contribution >= 4 is 17.7 Å². The van der Waals surface area contributed by atoms with E-state index in [-0.39, 0.29) is 17.8 Å². The molecule has 3 N–H and O–H groups in total. The van der Waals surface area contributed by atoms with Gasteiger partial charge in [-0.15, -0.1) is 0 Å². The molecule has 1 aliphatic heterocycles. The van der Waals surface area contributed by atoms with Crippen molar-refractivity contribution in [3.8, 4) is 11.1 Å². The molecule has 8 heteroatoms. The number of amides is 2. The summed E-state index contributed by atoms with van der Waals surface area (Å²) in [5, 5.41) is 16.2. The minimum Gasteiger partial charge on any atom is -0.442 e. The summed E-state index contributed by atoms with van der Waals surface area (Å²) in [6, 6.07) is 19.9. The van der Waals surface area contributed by atoms with E-state index in [1.54, 1.807) is 17.0 Å². The number of aryl methyl sites for hydroxylation is 1. The van der Waals surface area contributed by atoms with Crippen LogP contribution in [0.1, 0.15) is 29.7 Å². The van der Waals surface area contributed by atoms with Crippen molar-refractivity contribution < 1.29 is 23.8 Å². The lowest BCUT2D eigenvalue weighted by molar-refractivity contribution is -0.119. The summed E-state index contributed by atoms with van der Waals surface area (Å²) in [5.74, 6) is -0.483. The van der Waals surface area contributed by atoms with Crippen molar-refractivity contribution in [2.75, 3.05) is 24.5 Å². The molecule has 0 bridgehead atoms. The van der Waals surface area contributed by atoms with Gasteiger partial charge < -0.3 is 20.5 Å². The lowest BCUT2D eigenvalue weighted by Gasteiger charge is -2.16. The van der Waals surface area contributed by atoms with E-state index < -0.39 is 12.2 Å². The van der Waals surface area contributed by atoms with Gasteiger partial charge >= 0.3 is 6.09 Å². The molecule has 4 rings (SSSR count). The first-order valence-electron chi connectivity index (χ1n) is 11.9. The lowest BCUT2D eigenvalue weighted by Crippen LogP contribution is -2.33. The summed E-state index contributed by atoms with van der Waals surface area (Å²) >= 11 is 0. The molecule has 0 spiro atoms. The summed E-state index contributed by atoms with van der Waals surface area (Å²) < 4.78 is 18.4. The Morgan fingerprint density at radius 1 is 1.14 bits per heavy atom. The lowest BCUT2D eigenvalue weighted by atomic mass is 9.98. The Kier molecular flexibility index (Phi) is 7.97. The second-order valence-corrected chi connectivity index (χ2v) is 8.95. The van der Waals surface area contributed by atoms with Crippen LogP contribution in [-0.4, -0.2) is 42.8 Å². The average Bonchev–Trinajstić information content (AvgIpc) is 3.24. The zero-order valence-corrected chi connectivity index (χ0v) is 20.3. The number of aliphatic hydroxyl groups excluding tert-OH is 1. The minimum atomic E-state index is -0.709. The topological polar surface area (TPSA) is 90.9 Å². The fourth-order valence-electron chi connectivity index (χ4n) is 4.19. The quantitative estimate of drug-likeness (QED) is 0.420. The number of nitrogens with one attached hydrogen (secondary N) is 2. The third-order valence-corrected chi connectivity index (χ3v) is 6.16. The molecule has 188 valence electrons. The highest BCUT2D eigenvalue weighted by molar-refractivity contribution is 5.90. The molecule has 1 aliphatic rings. The number of hydrogen-bond acceptors (Lipinski definition) is 5. The molecule has 3 aromatic carbocycles. The van der Waals surface area contributed by atoms with E-state index in [4.69, 9.17) is 4.74 Å². The van der Waals surface area contributed by atoms with Crippen molar-refractivity contribution in [2.24, 2.45) is 0 Å². The average molecular weight is 492 g/mol. The predicted molar refractivity (Wildman–Crippen MR) is 136 cm³/mol. The summed E-state index contributed by atoms with van der Waals surface area (Å²) in [6.07, 6.45) is -1.50. The van der Waals surface area contributed by atoms with Gasteiger partial charge in [0.05, 0.1) is 19.2 Å². The maximum atomic E-state index is 13.0. The van der Waals surface area contributed by atoms with Crippen LogP contribution in [0, 0.1) is 12.7 Å². The van der Waals surface area contributed by atoms with Gasteiger partial charge in [0.1, 0.15) is 11.9 Å². The number of ether oxygens (including phenoxy) is 1. The van der Waals surface area contributed by atoms with E-state index in [9.17, 15) is 19.1 Å². The van der Waals surface area contributed by atoms with Gasteiger partial charge in [-0.05, 0) is 59.0 Å². The molecule has 0 aliphatic carbocycles. The summed E-state index contributed by atoms with van der Waals surface area (Å²) in [7, 11) is 0. The first-order chi connectivity index (χ1) is 17.3. The SMILES string of the molecule is CC(=O)NC[C@H]1CN(c2ccc(-c3ccc(CNCC(O)c4ccc(F)cc4)cc3)c(C)c2)C(=O)O1. The highest BCUT2D eigenvalue weighted by atomic mass is 19.1. The molecule has 1 unspecified atom stereocenters. The standard InChI is InChI=1S/C28H30FN3O4/c1-18-13-24(32-17-25(36-28(32)35)15-31-19(2)33)11-12-26(18)21-5-3-20(4-6-21)14-30-16-27(34)22-7-9-23(29)10-8-22/h3-13,25,27,30,34H,14-17H2,1-2H3,(H,31,33)/t25-,27?/m0/s1. The molecule has 0 saturated carbocycles. The van der Waals surface area contributed by atoms with Gasteiger partial charge in [0.15, 0.2) is 0 Å². The number of carbonyl (C=O) groups excluding carboxylic acids is 2. The molecule has 7 nitrogen and oxygen atoms in total.